The molecule has 0 spiro atoms. The van der Waals surface area contributed by atoms with E-state index in [0.29, 0.717) is 0 Å². The van der Waals surface area contributed by atoms with Crippen LogP contribution in [-0.2, 0) is 5.41 Å². The van der Waals surface area contributed by atoms with Gasteiger partial charge in [-0.1, -0.05) is 54.1 Å². The van der Waals surface area contributed by atoms with E-state index >= 15 is 0 Å². The van der Waals surface area contributed by atoms with Gasteiger partial charge in [-0.05, 0) is 43.4 Å². The highest BCUT2D eigenvalue weighted by atomic mass is 35.5. The molecule has 0 aliphatic heterocycles. The Balaban J connectivity index is 1.98. The lowest BCUT2D eigenvalue weighted by Crippen LogP contribution is -2.15. The van der Waals surface area contributed by atoms with Crippen LogP contribution in [0.3, 0.4) is 0 Å². The van der Waals surface area contributed by atoms with Gasteiger partial charge in [0.05, 0.1) is 5.38 Å². The molecule has 2 aromatic carbocycles. The summed E-state index contributed by atoms with van der Waals surface area (Å²) in [6.07, 6.45) is 2.39. The molecule has 1 saturated carbocycles. The van der Waals surface area contributed by atoms with E-state index in [4.69, 9.17) is 11.6 Å². The standard InChI is InChI=1S/C18H19Cl/c1-13-8-9-16(14(2)12-13)17(19)18(10-11-18)15-6-4-3-5-7-15/h3-9,12,17H,10-11H2,1-2H3. The van der Waals surface area contributed by atoms with Gasteiger partial charge in [0.2, 0.25) is 0 Å². The molecule has 0 saturated heterocycles. The Morgan fingerprint density at radius 2 is 1.68 bits per heavy atom. The zero-order valence-electron chi connectivity index (χ0n) is 11.5. The summed E-state index contributed by atoms with van der Waals surface area (Å²) < 4.78 is 0. The van der Waals surface area contributed by atoms with Crippen molar-refractivity contribution < 1.29 is 0 Å². The van der Waals surface area contributed by atoms with Gasteiger partial charge in [0.1, 0.15) is 0 Å². The number of halogens is 1. The first kappa shape index (κ1) is 12.7. The molecule has 1 aliphatic carbocycles. The van der Waals surface area contributed by atoms with E-state index in [1.54, 1.807) is 0 Å². The van der Waals surface area contributed by atoms with Gasteiger partial charge in [0, 0.05) is 5.41 Å². The molecule has 1 aliphatic rings. The van der Waals surface area contributed by atoms with Crippen molar-refractivity contribution in [1.29, 1.82) is 0 Å². The Labute approximate surface area is 120 Å². The maximum absolute atomic E-state index is 6.85. The van der Waals surface area contributed by atoms with Gasteiger partial charge >= 0.3 is 0 Å². The van der Waals surface area contributed by atoms with Gasteiger partial charge in [0.25, 0.3) is 0 Å². The van der Waals surface area contributed by atoms with Crippen molar-refractivity contribution >= 4 is 11.6 Å². The normalized spacial score (nSPS) is 18.1. The summed E-state index contributed by atoms with van der Waals surface area (Å²) in [5.74, 6) is 0. The smallest absolute Gasteiger partial charge is 0.0684 e. The second kappa shape index (κ2) is 4.68. The van der Waals surface area contributed by atoms with E-state index in [9.17, 15) is 0 Å². The molecule has 2 aromatic rings. The maximum Gasteiger partial charge on any atom is 0.0684 e. The molecule has 0 amide bonds. The van der Waals surface area contributed by atoms with E-state index in [1.165, 1.54) is 35.1 Å². The van der Waals surface area contributed by atoms with Gasteiger partial charge < -0.3 is 0 Å². The minimum atomic E-state index is 0.0792. The highest BCUT2D eigenvalue weighted by Gasteiger charge is 2.50. The largest absolute Gasteiger partial charge is 0.117 e. The Bertz CT molecular complexity index is 582. The first-order valence-electron chi connectivity index (χ1n) is 6.90. The van der Waals surface area contributed by atoms with Crippen LogP contribution in [0.4, 0.5) is 0 Å². The average Bonchev–Trinajstić information content (AvgIpc) is 3.20. The molecule has 98 valence electrons. The number of benzene rings is 2. The third kappa shape index (κ3) is 2.19. The number of hydrogen-bond acceptors (Lipinski definition) is 0. The molecule has 1 heteroatoms. The fourth-order valence-corrected chi connectivity index (χ4v) is 3.59. The van der Waals surface area contributed by atoms with Gasteiger partial charge in [-0.2, -0.15) is 0 Å². The van der Waals surface area contributed by atoms with Crippen LogP contribution < -0.4 is 0 Å². The highest BCUT2D eigenvalue weighted by Crippen LogP contribution is 2.59. The molecule has 0 radical (unpaired) electrons. The second-order valence-electron chi connectivity index (χ2n) is 5.74. The molecular formula is C18H19Cl. The van der Waals surface area contributed by atoms with Crippen LogP contribution in [0.2, 0.25) is 0 Å². The van der Waals surface area contributed by atoms with E-state index in [1.807, 2.05) is 0 Å². The SMILES string of the molecule is Cc1ccc(C(Cl)C2(c3ccccc3)CC2)c(C)c1. The number of alkyl halides is 1. The molecule has 1 atom stereocenters. The third-order valence-electron chi connectivity index (χ3n) is 4.32. The molecule has 0 N–H and O–H groups in total. The van der Waals surface area contributed by atoms with Crippen LogP contribution in [0, 0.1) is 13.8 Å². The molecular weight excluding hydrogens is 252 g/mol. The van der Waals surface area contributed by atoms with Crippen LogP contribution >= 0.6 is 11.6 Å². The van der Waals surface area contributed by atoms with Crippen LogP contribution in [0.5, 0.6) is 0 Å². The zero-order chi connectivity index (χ0) is 13.5. The van der Waals surface area contributed by atoms with Gasteiger partial charge in [0.15, 0.2) is 0 Å². The summed E-state index contributed by atoms with van der Waals surface area (Å²) in [4.78, 5) is 0. The zero-order valence-corrected chi connectivity index (χ0v) is 12.2. The van der Waals surface area contributed by atoms with E-state index in [0.717, 1.165) is 0 Å². The predicted molar refractivity (Wildman–Crippen MR) is 81.9 cm³/mol. The van der Waals surface area contributed by atoms with Crippen molar-refractivity contribution in [2.75, 3.05) is 0 Å². The predicted octanol–water partition coefficient (Wildman–Crippen LogP) is 5.32. The average molecular weight is 271 g/mol. The maximum atomic E-state index is 6.85. The van der Waals surface area contributed by atoms with Crippen molar-refractivity contribution in [2.24, 2.45) is 0 Å². The lowest BCUT2D eigenvalue weighted by atomic mass is 9.86. The third-order valence-corrected chi connectivity index (χ3v) is 4.97. The Morgan fingerprint density at radius 3 is 2.26 bits per heavy atom. The first-order chi connectivity index (χ1) is 9.13. The highest BCUT2D eigenvalue weighted by molar-refractivity contribution is 6.22. The minimum absolute atomic E-state index is 0.0792. The van der Waals surface area contributed by atoms with Crippen molar-refractivity contribution in [3.05, 3.63) is 70.8 Å². The fourth-order valence-electron chi connectivity index (χ4n) is 3.00. The summed E-state index contributed by atoms with van der Waals surface area (Å²) in [6, 6.07) is 17.3. The lowest BCUT2D eigenvalue weighted by molar-refractivity contribution is 0.659. The number of rotatable bonds is 3. The van der Waals surface area contributed by atoms with Gasteiger partial charge in [-0.25, -0.2) is 0 Å². The molecule has 0 nitrogen and oxygen atoms in total. The molecule has 19 heavy (non-hydrogen) atoms. The summed E-state index contributed by atoms with van der Waals surface area (Å²) in [5, 5.41) is 0.0792. The molecule has 1 unspecified atom stereocenters. The second-order valence-corrected chi connectivity index (χ2v) is 6.18. The Morgan fingerprint density at radius 1 is 1.00 bits per heavy atom. The van der Waals surface area contributed by atoms with Crippen LogP contribution in [0.15, 0.2) is 48.5 Å². The van der Waals surface area contributed by atoms with Crippen molar-refractivity contribution in [3.63, 3.8) is 0 Å². The fraction of sp³-hybridized carbons (Fsp3) is 0.333. The Kier molecular flexibility index (Phi) is 3.14. The molecule has 3 rings (SSSR count). The summed E-state index contributed by atoms with van der Waals surface area (Å²) in [6.45, 7) is 4.29. The Hall–Kier alpha value is -1.27. The van der Waals surface area contributed by atoms with E-state index in [2.05, 4.69) is 62.4 Å². The van der Waals surface area contributed by atoms with Crippen molar-refractivity contribution in [3.8, 4) is 0 Å². The van der Waals surface area contributed by atoms with Gasteiger partial charge in [-0.3, -0.25) is 0 Å². The molecule has 0 aromatic heterocycles. The number of hydrogen-bond donors (Lipinski definition) is 0. The monoisotopic (exact) mass is 270 g/mol. The van der Waals surface area contributed by atoms with Crippen LogP contribution in [0.1, 0.15) is 40.5 Å². The molecule has 0 heterocycles. The van der Waals surface area contributed by atoms with Gasteiger partial charge in [-0.15, -0.1) is 11.6 Å². The van der Waals surface area contributed by atoms with Crippen molar-refractivity contribution in [2.45, 2.75) is 37.5 Å². The summed E-state index contributed by atoms with van der Waals surface area (Å²) in [5.41, 5.74) is 5.43. The van der Waals surface area contributed by atoms with E-state index < -0.39 is 0 Å². The van der Waals surface area contributed by atoms with E-state index in [-0.39, 0.29) is 10.8 Å². The minimum Gasteiger partial charge on any atom is -0.117 e. The topological polar surface area (TPSA) is 0 Å². The molecule has 0 bridgehead atoms. The first-order valence-corrected chi connectivity index (χ1v) is 7.34. The van der Waals surface area contributed by atoms with Crippen LogP contribution in [-0.4, -0.2) is 0 Å². The van der Waals surface area contributed by atoms with Crippen LogP contribution in [0.25, 0.3) is 0 Å². The number of aryl methyl sites for hydroxylation is 2. The van der Waals surface area contributed by atoms with Crippen molar-refractivity contribution in [1.82, 2.24) is 0 Å². The quantitative estimate of drug-likeness (QED) is 0.663. The molecule has 1 fully saturated rings. The lowest BCUT2D eigenvalue weighted by Gasteiger charge is -2.24. The summed E-state index contributed by atoms with van der Waals surface area (Å²) in [7, 11) is 0. The summed E-state index contributed by atoms with van der Waals surface area (Å²) >= 11 is 6.85.